The van der Waals surface area contributed by atoms with Gasteiger partial charge >= 0.3 is 5.97 Å². The van der Waals surface area contributed by atoms with Crippen LogP contribution in [0.4, 0.5) is 0 Å². The van der Waals surface area contributed by atoms with Crippen molar-refractivity contribution in [3.8, 4) is 11.5 Å². The van der Waals surface area contributed by atoms with Crippen LogP contribution in [0.3, 0.4) is 0 Å². The van der Waals surface area contributed by atoms with Crippen LogP contribution in [0.5, 0.6) is 11.5 Å². The van der Waals surface area contributed by atoms with Gasteiger partial charge in [0, 0.05) is 4.47 Å². The minimum absolute atomic E-state index is 0.242. The van der Waals surface area contributed by atoms with Gasteiger partial charge in [-0.15, -0.1) is 0 Å². The second-order valence-electron chi connectivity index (χ2n) is 5.89. The van der Waals surface area contributed by atoms with Gasteiger partial charge in [-0.1, -0.05) is 15.9 Å². The van der Waals surface area contributed by atoms with Gasteiger partial charge in [-0.05, 0) is 56.2 Å². The molecular weight excluding hydrogens is 336 g/mol. The minimum atomic E-state index is -0.769. The number of halogens is 1. The van der Waals surface area contributed by atoms with Crippen LogP contribution in [0, 0.1) is 0 Å². The van der Waals surface area contributed by atoms with Crippen molar-refractivity contribution < 1.29 is 19.4 Å². The van der Waals surface area contributed by atoms with Crippen LogP contribution in [0.1, 0.15) is 44.1 Å². The Balaban J connectivity index is 1.93. The van der Waals surface area contributed by atoms with Gasteiger partial charge < -0.3 is 14.6 Å². The van der Waals surface area contributed by atoms with E-state index in [0.29, 0.717) is 24.3 Å². The van der Waals surface area contributed by atoms with Crippen LogP contribution in [0.2, 0.25) is 0 Å². The molecule has 0 heterocycles. The predicted molar refractivity (Wildman–Crippen MR) is 82.1 cm³/mol. The van der Waals surface area contributed by atoms with Gasteiger partial charge in [0.25, 0.3) is 0 Å². The average molecular weight is 355 g/mol. The molecule has 1 N–H and O–H groups in total. The van der Waals surface area contributed by atoms with Gasteiger partial charge in [0.15, 0.2) is 11.5 Å². The quantitative estimate of drug-likeness (QED) is 0.871. The molecule has 114 valence electrons. The lowest BCUT2D eigenvalue weighted by Crippen LogP contribution is -2.20. The Hall–Kier alpha value is -1.23. The van der Waals surface area contributed by atoms with Crippen LogP contribution in [-0.2, 0) is 10.2 Å². The van der Waals surface area contributed by atoms with Crippen LogP contribution < -0.4 is 9.47 Å². The first-order valence-electron chi connectivity index (χ1n) is 7.35. The molecule has 4 nitrogen and oxygen atoms in total. The van der Waals surface area contributed by atoms with E-state index in [4.69, 9.17) is 9.47 Å². The largest absolute Gasteiger partial charge is 0.493 e. The molecule has 1 aromatic carbocycles. The van der Waals surface area contributed by atoms with Crippen LogP contribution >= 0.6 is 15.9 Å². The second kappa shape index (κ2) is 5.52. The highest BCUT2D eigenvalue weighted by molar-refractivity contribution is 9.10. The number of aliphatic carboxylic acids is 1. The third-order valence-corrected chi connectivity index (χ3v) is 5.18. The monoisotopic (exact) mass is 354 g/mol. The SMILES string of the molecule is COc1cc(C2(C(=O)O)CC2)c(Br)cc1OC1CCCC1. The first kappa shape index (κ1) is 14.7. The molecule has 0 bridgehead atoms. The summed E-state index contributed by atoms with van der Waals surface area (Å²) in [6.07, 6.45) is 6.14. The molecule has 2 aliphatic rings. The van der Waals surface area contributed by atoms with Crippen molar-refractivity contribution in [3.05, 3.63) is 22.2 Å². The highest BCUT2D eigenvalue weighted by atomic mass is 79.9. The molecule has 2 fully saturated rings. The molecule has 1 aromatic rings. The summed E-state index contributed by atoms with van der Waals surface area (Å²) >= 11 is 3.51. The summed E-state index contributed by atoms with van der Waals surface area (Å²) < 4.78 is 12.2. The normalized spacial score (nSPS) is 20.3. The van der Waals surface area contributed by atoms with E-state index in [-0.39, 0.29) is 6.10 Å². The van der Waals surface area contributed by atoms with E-state index in [0.717, 1.165) is 22.9 Å². The summed E-state index contributed by atoms with van der Waals surface area (Å²) in [5.41, 5.74) is 0.0310. The highest BCUT2D eigenvalue weighted by Gasteiger charge is 2.53. The van der Waals surface area contributed by atoms with E-state index >= 15 is 0 Å². The Morgan fingerprint density at radius 1 is 1.29 bits per heavy atom. The van der Waals surface area contributed by atoms with Crippen LogP contribution in [0.25, 0.3) is 0 Å². The number of hydrogen-bond acceptors (Lipinski definition) is 3. The summed E-state index contributed by atoms with van der Waals surface area (Å²) in [5.74, 6) is 0.545. The number of carboxylic acids is 1. The highest BCUT2D eigenvalue weighted by Crippen LogP contribution is 2.53. The average Bonchev–Trinajstić information content (AvgIpc) is 3.11. The van der Waals surface area contributed by atoms with Crippen LogP contribution in [-0.4, -0.2) is 24.3 Å². The van der Waals surface area contributed by atoms with Gasteiger partial charge in [-0.3, -0.25) is 4.79 Å². The van der Waals surface area contributed by atoms with Gasteiger partial charge in [-0.25, -0.2) is 0 Å². The molecule has 0 saturated heterocycles. The maximum Gasteiger partial charge on any atom is 0.314 e. The maximum absolute atomic E-state index is 11.5. The molecule has 0 radical (unpaired) electrons. The zero-order valence-corrected chi connectivity index (χ0v) is 13.6. The Morgan fingerprint density at radius 3 is 2.48 bits per heavy atom. The molecular formula is C16H19BrO4. The van der Waals surface area contributed by atoms with E-state index in [1.807, 2.05) is 12.1 Å². The van der Waals surface area contributed by atoms with Crippen molar-refractivity contribution in [1.29, 1.82) is 0 Å². The summed E-state index contributed by atoms with van der Waals surface area (Å²) in [7, 11) is 1.59. The number of carbonyl (C=O) groups is 1. The van der Waals surface area contributed by atoms with E-state index in [2.05, 4.69) is 15.9 Å². The molecule has 2 aliphatic carbocycles. The third kappa shape index (κ3) is 2.63. The van der Waals surface area contributed by atoms with Crippen molar-refractivity contribution in [3.63, 3.8) is 0 Å². The number of carboxylic acid groups (broad SMARTS) is 1. The summed E-state index contributed by atoms with van der Waals surface area (Å²) in [6, 6.07) is 3.67. The zero-order valence-electron chi connectivity index (χ0n) is 12.0. The molecule has 0 aromatic heterocycles. The lowest BCUT2D eigenvalue weighted by molar-refractivity contribution is -0.140. The first-order valence-corrected chi connectivity index (χ1v) is 8.14. The fourth-order valence-electron chi connectivity index (χ4n) is 3.06. The van der Waals surface area contributed by atoms with Crippen molar-refractivity contribution in [1.82, 2.24) is 0 Å². The fourth-order valence-corrected chi connectivity index (χ4v) is 3.76. The fraction of sp³-hybridized carbons (Fsp3) is 0.562. The van der Waals surface area contributed by atoms with Gasteiger partial charge in [0.1, 0.15) is 0 Å². The topological polar surface area (TPSA) is 55.8 Å². The molecule has 3 rings (SSSR count). The first-order chi connectivity index (χ1) is 10.1. The van der Waals surface area contributed by atoms with Gasteiger partial charge in [-0.2, -0.15) is 0 Å². The Bertz CT molecular complexity index is 560. The van der Waals surface area contributed by atoms with E-state index < -0.39 is 11.4 Å². The number of benzene rings is 1. The predicted octanol–water partition coefficient (Wildman–Crippen LogP) is 3.90. The molecule has 0 unspecified atom stereocenters. The molecule has 0 amide bonds. The number of hydrogen-bond donors (Lipinski definition) is 1. The van der Waals surface area contributed by atoms with Gasteiger partial charge in [0.05, 0.1) is 18.6 Å². The van der Waals surface area contributed by atoms with Crippen molar-refractivity contribution in [2.75, 3.05) is 7.11 Å². The number of methoxy groups -OCH3 is 1. The summed E-state index contributed by atoms with van der Waals surface area (Å²) in [5, 5.41) is 9.45. The molecule has 2 saturated carbocycles. The Morgan fingerprint density at radius 2 is 1.95 bits per heavy atom. The summed E-state index contributed by atoms with van der Waals surface area (Å²) in [4.78, 5) is 11.5. The van der Waals surface area contributed by atoms with E-state index in [1.54, 1.807) is 7.11 Å². The second-order valence-corrected chi connectivity index (χ2v) is 6.75. The number of ether oxygens (including phenoxy) is 2. The summed E-state index contributed by atoms with van der Waals surface area (Å²) in [6.45, 7) is 0. The van der Waals surface area contributed by atoms with Crippen molar-refractivity contribution >= 4 is 21.9 Å². The smallest absolute Gasteiger partial charge is 0.314 e. The van der Waals surface area contributed by atoms with Crippen molar-refractivity contribution in [2.45, 2.75) is 50.0 Å². The zero-order chi connectivity index (χ0) is 15.0. The Labute approximate surface area is 132 Å². The lowest BCUT2D eigenvalue weighted by atomic mass is 9.96. The third-order valence-electron chi connectivity index (χ3n) is 4.52. The molecule has 0 aliphatic heterocycles. The maximum atomic E-state index is 11.5. The molecule has 5 heteroatoms. The van der Waals surface area contributed by atoms with E-state index in [9.17, 15) is 9.90 Å². The van der Waals surface area contributed by atoms with E-state index in [1.165, 1.54) is 12.8 Å². The van der Waals surface area contributed by atoms with Crippen molar-refractivity contribution in [2.24, 2.45) is 0 Å². The molecule has 21 heavy (non-hydrogen) atoms. The molecule has 0 atom stereocenters. The standard InChI is InChI=1S/C16H19BrO4/c1-20-13-8-11(16(6-7-16)15(18)19)12(17)9-14(13)21-10-4-2-3-5-10/h8-10H,2-7H2,1H3,(H,18,19). The number of rotatable bonds is 5. The Kier molecular flexibility index (Phi) is 3.86. The molecule has 0 spiro atoms. The minimum Gasteiger partial charge on any atom is -0.493 e. The lowest BCUT2D eigenvalue weighted by Gasteiger charge is -2.19. The van der Waals surface area contributed by atoms with Gasteiger partial charge in [0.2, 0.25) is 0 Å². The van der Waals surface area contributed by atoms with Crippen LogP contribution in [0.15, 0.2) is 16.6 Å².